The molecule has 2 aliphatic carbocycles. The van der Waals surface area contributed by atoms with Crippen LogP contribution in [-0.2, 0) is 19.1 Å². The molecule has 0 aromatic rings. The lowest BCUT2D eigenvalue weighted by molar-refractivity contribution is -0.171. The standard InChI is InChI=1S/C19H27BrF3NO5/c1-28-8-14(20)29-7-12-11(4-5-13(24-12)19(21,22)23)18(27)15-16(25)9-2-3-10(6-9)17(15)26/h9-16,24-25H,2-8H2,1H3. The first-order valence-electron chi connectivity index (χ1n) is 9.96. The maximum Gasteiger partial charge on any atom is 0.403 e. The molecule has 1 heterocycles. The Balaban J connectivity index is 1.75. The summed E-state index contributed by atoms with van der Waals surface area (Å²) >= 11 is 3.22. The molecule has 1 aliphatic heterocycles. The number of methoxy groups -OCH3 is 1. The highest BCUT2D eigenvalue weighted by Gasteiger charge is 2.53. The van der Waals surface area contributed by atoms with Gasteiger partial charge < -0.3 is 19.9 Å². The molecule has 2 bridgehead atoms. The zero-order chi connectivity index (χ0) is 21.3. The minimum Gasteiger partial charge on any atom is -0.392 e. The van der Waals surface area contributed by atoms with Crippen molar-refractivity contribution in [3.63, 3.8) is 0 Å². The number of fused-ring (bicyclic) bond motifs is 2. The van der Waals surface area contributed by atoms with Gasteiger partial charge in [0.2, 0.25) is 0 Å². The maximum absolute atomic E-state index is 13.2. The quantitative estimate of drug-likeness (QED) is 0.424. The maximum atomic E-state index is 13.2. The second-order valence-corrected chi connectivity index (χ2v) is 9.31. The Morgan fingerprint density at radius 3 is 2.69 bits per heavy atom. The van der Waals surface area contributed by atoms with Crippen LogP contribution in [0, 0.1) is 23.7 Å². The Kier molecular flexibility index (Phi) is 7.41. The number of rotatable bonds is 7. The first-order valence-corrected chi connectivity index (χ1v) is 10.9. The van der Waals surface area contributed by atoms with E-state index in [4.69, 9.17) is 9.47 Å². The number of halogens is 4. The molecule has 2 N–H and O–H groups in total. The zero-order valence-corrected chi connectivity index (χ0v) is 17.7. The van der Waals surface area contributed by atoms with Crippen molar-refractivity contribution in [2.45, 2.75) is 61.5 Å². The smallest absolute Gasteiger partial charge is 0.392 e. The molecule has 29 heavy (non-hydrogen) atoms. The third-order valence-electron chi connectivity index (χ3n) is 6.50. The van der Waals surface area contributed by atoms with Gasteiger partial charge in [-0.3, -0.25) is 9.59 Å². The number of alkyl halides is 4. The number of ether oxygens (including phenoxy) is 2. The Hall–Kier alpha value is -0.550. The number of carbonyl (C=O) groups excluding carboxylic acids is 2. The number of aliphatic hydroxyl groups is 1. The second kappa shape index (κ2) is 9.30. The van der Waals surface area contributed by atoms with E-state index in [0.717, 1.165) is 0 Å². The monoisotopic (exact) mass is 485 g/mol. The van der Waals surface area contributed by atoms with Crippen molar-refractivity contribution in [1.82, 2.24) is 5.32 Å². The van der Waals surface area contributed by atoms with Gasteiger partial charge in [-0.05, 0) is 38.0 Å². The van der Waals surface area contributed by atoms with Crippen LogP contribution in [0.2, 0.25) is 0 Å². The molecule has 2 saturated carbocycles. The van der Waals surface area contributed by atoms with Gasteiger partial charge in [0.1, 0.15) is 22.8 Å². The summed E-state index contributed by atoms with van der Waals surface area (Å²) in [5.74, 6) is -2.99. The first-order chi connectivity index (χ1) is 13.6. The Morgan fingerprint density at radius 2 is 2.03 bits per heavy atom. The van der Waals surface area contributed by atoms with Crippen LogP contribution in [0.15, 0.2) is 0 Å². The van der Waals surface area contributed by atoms with Crippen molar-refractivity contribution in [1.29, 1.82) is 0 Å². The van der Waals surface area contributed by atoms with E-state index in [2.05, 4.69) is 21.2 Å². The summed E-state index contributed by atoms with van der Waals surface area (Å²) in [6.07, 6.45) is -3.78. The summed E-state index contributed by atoms with van der Waals surface area (Å²) in [5, 5.41) is 12.6. The number of ketones is 2. The molecule has 1 saturated heterocycles. The van der Waals surface area contributed by atoms with Crippen LogP contribution in [0.3, 0.4) is 0 Å². The van der Waals surface area contributed by atoms with E-state index >= 15 is 0 Å². The van der Waals surface area contributed by atoms with Gasteiger partial charge in [0.15, 0.2) is 5.78 Å². The molecule has 3 rings (SSSR count). The lowest BCUT2D eigenvalue weighted by atomic mass is 9.70. The van der Waals surface area contributed by atoms with Gasteiger partial charge in [-0.2, -0.15) is 13.2 Å². The molecular weight excluding hydrogens is 459 g/mol. The summed E-state index contributed by atoms with van der Waals surface area (Å²) in [5.41, 5.74) is 0. The van der Waals surface area contributed by atoms with E-state index in [-0.39, 0.29) is 43.7 Å². The molecule has 0 radical (unpaired) electrons. The number of hydrogen-bond acceptors (Lipinski definition) is 6. The van der Waals surface area contributed by atoms with Crippen LogP contribution in [0.5, 0.6) is 0 Å². The Bertz CT molecular complexity index is 619. The molecule has 10 heteroatoms. The lowest BCUT2D eigenvalue weighted by Gasteiger charge is -2.40. The van der Waals surface area contributed by atoms with Crippen LogP contribution in [-0.4, -0.2) is 66.4 Å². The van der Waals surface area contributed by atoms with Gasteiger partial charge >= 0.3 is 6.18 Å². The fourth-order valence-corrected chi connectivity index (χ4v) is 5.39. The average Bonchev–Trinajstić information content (AvgIpc) is 3.11. The van der Waals surface area contributed by atoms with Crippen molar-refractivity contribution in [3.8, 4) is 0 Å². The van der Waals surface area contributed by atoms with Gasteiger partial charge in [0, 0.05) is 25.0 Å². The molecular formula is C19H27BrF3NO5. The van der Waals surface area contributed by atoms with Crippen LogP contribution in [0.1, 0.15) is 32.1 Å². The zero-order valence-electron chi connectivity index (χ0n) is 16.2. The number of Topliss-reactive ketones (excluding diaryl/α,β-unsaturated/α-hetero) is 2. The van der Waals surface area contributed by atoms with Crippen LogP contribution < -0.4 is 5.32 Å². The van der Waals surface area contributed by atoms with E-state index in [9.17, 15) is 27.9 Å². The molecule has 6 nitrogen and oxygen atoms in total. The van der Waals surface area contributed by atoms with Gasteiger partial charge in [-0.1, -0.05) is 15.9 Å². The van der Waals surface area contributed by atoms with Crippen LogP contribution >= 0.6 is 15.9 Å². The summed E-state index contributed by atoms with van der Waals surface area (Å²) in [4.78, 5) is 26.0. The summed E-state index contributed by atoms with van der Waals surface area (Å²) in [7, 11) is 1.47. The number of aliphatic hydroxyl groups excluding tert-OH is 1. The molecule has 0 aromatic carbocycles. The second-order valence-electron chi connectivity index (χ2n) is 8.29. The van der Waals surface area contributed by atoms with Crippen molar-refractivity contribution < 1.29 is 37.3 Å². The highest BCUT2D eigenvalue weighted by Crippen LogP contribution is 2.44. The predicted molar refractivity (Wildman–Crippen MR) is 100 cm³/mol. The normalized spacial score (nSPS) is 38.8. The number of hydrogen-bond donors (Lipinski definition) is 2. The molecule has 3 fully saturated rings. The highest BCUT2D eigenvalue weighted by atomic mass is 79.9. The van der Waals surface area contributed by atoms with E-state index in [1.807, 2.05) is 0 Å². The predicted octanol–water partition coefficient (Wildman–Crippen LogP) is 2.21. The van der Waals surface area contributed by atoms with Crippen molar-refractivity contribution in [3.05, 3.63) is 0 Å². The number of piperidine rings is 1. The third kappa shape index (κ3) is 5.03. The van der Waals surface area contributed by atoms with Gasteiger partial charge in [0.05, 0.1) is 19.3 Å². The Morgan fingerprint density at radius 1 is 1.31 bits per heavy atom. The average molecular weight is 486 g/mol. The van der Waals surface area contributed by atoms with E-state index in [0.29, 0.717) is 19.3 Å². The first kappa shape index (κ1) is 23.1. The number of carbonyl (C=O) groups is 2. The largest absolute Gasteiger partial charge is 0.403 e. The fourth-order valence-electron chi connectivity index (χ4n) is 4.97. The lowest BCUT2D eigenvalue weighted by Crippen LogP contribution is -2.59. The minimum absolute atomic E-state index is 0.00685. The molecule has 166 valence electrons. The van der Waals surface area contributed by atoms with E-state index in [1.54, 1.807) is 0 Å². The highest BCUT2D eigenvalue weighted by molar-refractivity contribution is 9.09. The summed E-state index contributed by atoms with van der Waals surface area (Å²) < 4.78 is 50.2. The van der Waals surface area contributed by atoms with Crippen molar-refractivity contribution in [2.75, 3.05) is 20.3 Å². The van der Waals surface area contributed by atoms with Crippen LogP contribution in [0.4, 0.5) is 13.2 Å². The van der Waals surface area contributed by atoms with Crippen molar-refractivity contribution >= 4 is 27.5 Å². The van der Waals surface area contributed by atoms with Gasteiger partial charge in [-0.25, -0.2) is 0 Å². The molecule has 0 amide bonds. The Labute approximate surface area is 176 Å². The molecule has 8 atom stereocenters. The van der Waals surface area contributed by atoms with Crippen molar-refractivity contribution in [2.24, 2.45) is 23.7 Å². The summed E-state index contributed by atoms with van der Waals surface area (Å²) in [6, 6.07) is -2.64. The number of nitrogens with one attached hydrogen (secondary N) is 1. The molecule has 8 unspecified atom stereocenters. The van der Waals surface area contributed by atoms with Crippen LogP contribution in [0.25, 0.3) is 0 Å². The molecule has 0 aromatic heterocycles. The SMILES string of the molecule is COCC(Br)OCC1NC(C(F)(F)F)CCC1C(=O)C1C(=O)C2CCC(C2)C1O. The van der Waals surface area contributed by atoms with Gasteiger partial charge in [0.25, 0.3) is 0 Å². The fraction of sp³-hybridized carbons (Fsp3) is 0.895. The van der Waals surface area contributed by atoms with E-state index in [1.165, 1.54) is 7.11 Å². The third-order valence-corrected chi connectivity index (χ3v) is 7.02. The summed E-state index contributed by atoms with van der Waals surface area (Å²) in [6.45, 7) is 0.0450. The minimum atomic E-state index is -4.44. The molecule has 0 spiro atoms. The molecule has 3 aliphatic rings. The topological polar surface area (TPSA) is 84.9 Å². The van der Waals surface area contributed by atoms with E-state index < -0.39 is 47.0 Å². The van der Waals surface area contributed by atoms with Gasteiger partial charge in [-0.15, -0.1) is 0 Å².